The van der Waals surface area contributed by atoms with Crippen LogP contribution in [0.4, 0.5) is 0 Å². The van der Waals surface area contributed by atoms with E-state index in [1.807, 2.05) is 24.3 Å². The Balaban J connectivity index is 1.50. The summed E-state index contributed by atoms with van der Waals surface area (Å²) in [6.45, 7) is 0.999. The predicted octanol–water partition coefficient (Wildman–Crippen LogP) is 3.85. The molecule has 1 aliphatic rings. The van der Waals surface area contributed by atoms with Crippen molar-refractivity contribution in [3.63, 3.8) is 0 Å². The molecule has 1 aliphatic heterocycles. The van der Waals surface area contributed by atoms with E-state index < -0.39 is 10.0 Å². The van der Waals surface area contributed by atoms with Gasteiger partial charge >= 0.3 is 0 Å². The first kappa shape index (κ1) is 16.1. The lowest BCUT2D eigenvalue weighted by atomic mass is 9.97. The van der Waals surface area contributed by atoms with Gasteiger partial charge in [-0.3, -0.25) is 0 Å². The Labute approximate surface area is 149 Å². The first-order valence-corrected chi connectivity index (χ1v) is 10.4. The number of nitrogens with one attached hydrogen (secondary N) is 1. The third kappa shape index (κ3) is 2.86. The molecule has 1 saturated heterocycles. The van der Waals surface area contributed by atoms with Crippen molar-refractivity contribution < 1.29 is 8.42 Å². The molecule has 0 atom stereocenters. The lowest BCUT2D eigenvalue weighted by Crippen LogP contribution is -2.37. The summed E-state index contributed by atoms with van der Waals surface area (Å²) in [5.41, 5.74) is 1.98. The van der Waals surface area contributed by atoms with Gasteiger partial charge in [-0.2, -0.15) is 4.31 Å². The average molecular weight is 382 g/mol. The Kier molecular flexibility index (Phi) is 4.12. The Morgan fingerprint density at radius 1 is 1.17 bits per heavy atom. The van der Waals surface area contributed by atoms with Crippen LogP contribution < -0.4 is 0 Å². The molecular weight excluding hydrogens is 366 g/mol. The second-order valence-electron chi connectivity index (χ2n) is 5.88. The number of fused-ring (bicyclic) bond motifs is 1. The van der Waals surface area contributed by atoms with Crippen molar-refractivity contribution in [2.75, 3.05) is 13.1 Å². The number of aromatic nitrogens is 2. The van der Waals surface area contributed by atoms with Crippen LogP contribution in [-0.2, 0) is 10.0 Å². The fourth-order valence-electron chi connectivity index (χ4n) is 3.10. The van der Waals surface area contributed by atoms with Crippen LogP contribution >= 0.6 is 22.9 Å². The number of hydrogen-bond acceptors (Lipinski definition) is 4. The van der Waals surface area contributed by atoms with Gasteiger partial charge in [0.1, 0.15) is 10.0 Å². The van der Waals surface area contributed by atoms with Gasteiger partial charge in [-0.1, -0.05) is 23.7 Å². The number of sulfonamides is 1. The van der Waals surface area contributed by atoms with Crippen molar-refractivity contribution >= 4 is 44.0 Å². The van der Waals surface area contributed by atoms with Gasteiger partial charge in [-0.15, -0.1) is 11.3 Å². The van der Waals surface area contributed by atoms with Crippen LogP contribution in [0.5, 0.6) is 0 Å². The highest BCUT2D eigenvalue weighted by Gasteiger charge is 2.31. The van der Waals surface area contributed by atoms with E-state index in [4.69, 9.17) is 11.6 Å². The first-order valence-electron chi connectivity index (χ1n) is 7.74. The monoisotopic (exact) mass is 381 g/mol. The molecular formula is C16H16ClN3O2S2. The fourth-order valence-corrected chi connectivity index (χ4v) is 6.21. The van der Waals surface area contributed by atoms with Crippen molar-refractivity contribution in [2.24, 2.45) is 0 Å². The third-order valence-corrected chi connectivity index (χ3v) is 7.99. The highest BCUT2D eigenvalue weighted by Crippen LogP contribution is 2.33. The highest BCUT2D eigenvalue weighted by atomic mass is 35.5. The largest absolute Gasteiger partial charge is 0.342 e. The molecule has 0 amide bonds. The van der Waals surface area contributed by atoms with Gasteiger partial charge in [0.15, 0.2) is 0 Å². The van der Waals surface area contributed by atoms with E-state index in [1.165, 1.54) is 0 Å². The van der Waals surface area contributed by atoms with E-state index in [-0.39, 0.29) is 5.92 Å². The van der Waals surface area contributed by atoms with Crippen molar-refractivity contribution in [3.8, 4) is 0 Å². The lowest BCUT2D eigenvalue weighted by Gasteiger charge is -2.29. The van der Waals surface area contributed by atoms with E-state index in [0.29, 0.717) is 21.6 Å². The van der Waals surface area contributed by atoms with Crippen LogP contribution in [0.2, 0.25) is 4.34 Å². The van der Waals surface area contributed by atoms with Crippen LogP contribution in [0.15, 0.2) is 40.6 Å². The lowest BCUT2D eigenvalue weighted by molar-refractivity contribution is 0.315. The van der Waals surface area contributed by atoms with Crippen molar-refractivity contribution in [3.05, 3.63) is 46.6 Å². The van der Waals surface area contributed by atoms with E-state index >= 15 is 0 Å². The number of H-pyrrole nitrogens is 1. The molecule has 0 aliphatic carbocycles. The molecule has 8 heteroatoms. The molecule has 126 valence electrons. The maximum atomic E-state index is 12.6. The molecule has 1 aromatic carbocycles. The number of thiophene rings is 1. The summed E-state index contributed by atoms with van der Waals surface area (Å²) in [7, 11) is -3.43. The second kappa shape index (κ2) is 6.15. The molecule has 2 aromatic heterocycles. The van der Waals surface area contributed by atoms with Crippen LogP contribution in [0, 0.1) is 0 Å². The second-order valence-corrected chi connectivity index (χ2v) is 9.76. The number of halogens is 1. The van der Waals surface area contributed by atoms with E-state index in [2.05, 4.69) is 9.97 Å². The zero-order valence-corrected chi connectivity index (χ0v) is 15.2. The molecule has 0 radical (unpaired) electrons. The molecule has 0 saturated carbocycles. The van der Waals surface area contributed by atoms with Crippen LogP contribution in [0.1, 0.15) is 24.6 Å². The van der Waals surface area contributed by atoms with Gasteiger partial charge in [0.05, 0.1) is 15.4 Å². The number of hydrogen-bond donors (Lipinski definition) is 1. The number of nitrogens with zero attached hydrogens (tertiary/aromatic N) is 2. The Morgan fingerprint density at radius 2 is 1.92 bits per heavy atom. The van der Waals surface area contributed by atoms with E-state index in [1.54, 1.807) is 16.4 Å². The standard InChI is InChI=1S/C16H16ClN3O2S2/c17-14-5-6-15(23-14)24(21,22)20-9-7-11(8-10-20)16-18-12-3-1-2-4-13(12)19-16/h1-6,11H,7-10H2,(H,18,19). The zero-order valence-electron chi connectivity index (χ0n) is 12.8. The third-order valence-electron chi connectivity index (χ3n) is 4.39. The van der Waals surface area contributed by atoms with Crippen molar-refractivity contribution in [1.29, 1.82) is 0 Å². The average Bonchev–Trinajstić information content (AvgIpc) is 3.21. The van der Waals surface area contributed by atoms with Crippen molar-refractivity contribution in [2.45, 2.75) is 23.0 Å². The van der Waals surface area contributed by atoms with Gasteiger partial charge in [-0.25, -0.2) is 13.4 Å². The number of piperidine rings is 1. The molecule has 0 unspecified atom stereocenters. The van der Waals surface area contributed by atoms with Gasteiger partial charge < -0.3 is 4.98 Å². The molecule has 1 fully saturated rings. The molecule has 4 rings (SSSR count). The SMILES string of the molecule is O=S(=O)(c1ccc(Cl)s1)N1CCC(c2nc3ccccc3[nH]2)CC1. The van der Waals surface area contributed by atoms with Crippen LogP contribution in [0.3, 0.4) is 0 Å². The number of imidazole rings is 1. The Bertz CT molecular complexity index is 939. The summed E-state index contributed by atoms with van der Waals surface area (Å²) in [6, 6.07) is 11.1. The molecule has 3 aromatic rings. The normalized spacial score (nSPS) is 17.5. The van der Waals surface area contributed by atoms with Crippen LogP contribution in [-0.4, -0.2) is 35.8 Å². The molecule has 5 nitrogen and oxygen atoms in total. The number of rotatable bonds is 3. The zero-order chi connectivity index (χ0) is 16.7. The molecule has 0 bridgehead atoms. The molecule has 1 N–H and O–H groups in total. The fraction of sp³-hybridized carbons (Fsp3) is 0.312. The Morgan fingerprint density at radius 3 is 2.58 bits per heavy atom. The molecule has 3 heterocycles. The number of benzene rings is 1. The van der Waals surface area contributed by atoms with Crippen LogP contribution in [0.25, 0.3) is 11.0 Å². The minimum Gasteiger partial charge on any atom is -0.342 e. The summed E-state index contributed by atoms with van der Waals surface area (Å²) < 4.78 is 27.6. The van der Waals surface area contributed by atoms with E-state index in [0.717, 1.165) is 41.0 Å². The maximum absolute atomic E-state index is 12.6. The molecule has 0 spiro atoms. The molecule has 24 heavy (non-hydrogen) atoms. The summed E-state index contributed by atoms with van der Waals surface area (Å²) >= 11 is 6.98. The summed E-state index contributed by atoms with van der Waals surface area (Å²) in [5, 5.41) is 0. The quantitative estimate of drug-likeness (QED) is 0.749. The number of aromatic amines is 1. The summed E-state index contributed by atoms with van der Waals surface area (Å²) in [4.78, 5) is 8.01. The summed E-state index contributed by atoms with van der Waals surface area (Å²) in [6.07, 6.45) is 1.52. The van der Waals surface area contributed by atoms with Crippen molar-refractivity contribution in [1.82, 2.24) is 14.3 Å². The predicted molar refractivity (Wildman–Crippen MR) is 96.2 cm³/mol. The van der Waals surface area contributed by atoms with E-state index in [9.17, 15) is 8.42 Å². The topological polar surface area (TPSA) is 66.1 Å². The smallest absolute Gasteiger partial charge is 0.252 e. The number of para-hydroxylation sites is 2. The first-order chi connectivity index (χ1) is 11.5. The summed E-state index contributed by atoms with van der Waals surface area (Å²) in [5.74, 6) is 1.21. The minimum atomic E-state index is -3.43. The highest BCUT2D eigenvalue weighted by molar-refractivity contribution is 7.91. The van der Waals surface area contributed by atoms with Gasteiger partial charge in [0.25, 0.3) is 10.0 Å². The maximum Gasteiger partial charge on any atom is 0.252 e. The van der Waals surface area contributed by atoms with Gasteiger partial charge in [0, 0.05) is 19.0 Å². The van der Waals surface area contributed by atoms with Gasteiger partial charge in [0.2, 0.25) is 0 Å². The minimum absolute atomic E-state index is 0.260. The Hall–Kier alpha value is -1.41. The van der Waals surface area contributed by atoms with Gasteiger partial charge in [-0.05, 0) is 37.1 Å².